The van der Waals surface area contributed by atoms with Crippen LogP contribution in [0.1, 0.15) is 49.4 Å². The maximum absolute atomic E-state index is 12.6. The molecule has 0 saturated carbocycles. The van der Waals surface area contributed by atoms with Crippen LogP contribution in [0.3, 0.4) is 0 Å². The summed E-state index contributed by atoms with van der Waals surface area (Å²) in [4.78, 5) is 25.5. The van der Waals surface area contributed by atoms with Crippen molar-refractivity contribution in [3.8, 4) is 0 Å². The predicted octanol–water partition coefficient (Wildman–Crippen LogP) is 4.00. The van der Waals surface area contributed by atoms with Crippen molar-refractivity contribution in [3.05, 3.63) is 41.9 Å². The van der Waals surface area contributed by atoms with Gasteiger partial charge < -0.3 is 15.1 Å². The second-order valence-electron chi connectivity index (χ2n) is 6.88. The quantitative estimate of drug-likeness (QED) is 0.836. The Morgan fingerprint density at radius 2 is 1.74 bits per heavy atom. The molecule has 0 spiro atoms. The highest BCUT2D eigenvalue weighted by Crippen LogP contribution is 2.23. The van der Waals surface area contributed by atoms with E-state index in [2.05, 4.69) is 44.5 Å². The van der Waals surface area contributed by atoms with Gasteiger partial charge >= 0.3 is 0 Å². The van der Waals surface area contributed by atoms with Crippen LogP contribution in [-0.4, -0.2) is 47.0 Å². The molecule has 1 aliphatic rings. The van der Waals surface area contributed by atoms with Crippen molar-refractivity contribution >= 4 is 23.1 Å². The maximum Gasteiger partial charge on any atom is 0.272 e. The van der Waals surface area contributed by atoms with Gasteiger partial charge in [-0.3, -0.25) is 4.79 Å². The summed E-state index contributed by atoms with van der Waals surface area (Å²) < 4.78 is 0. The van der Waals surface area contributed by atoms with E-state index in [9.17, 15) is 4.79 Å². The Morgan fingerprint density at radius 1 is 1.07 bits per heavy atom. The number of nitrogens with one attached hydrogen (secondary N) is 1. The van der Waals surface area contributed by atoms with Crippen LogP contribution < -0.4 is 10.2 Å². The summed E-state index contributed by atoms with van der Waals surface area (Å²) in [5, 5.41) is 3.30. The molecule has 1 fully saturated rings. The molecule has 0 atom stereocenters. The predicted molar refractivity (Wildman–Crippen MR) is 110 cm³/mol. The monoisotopic (exact) mass is 367 g/mol. The fraction of sp³-hybridized carbons (Fsp3) is 0.476. The standard InChI is InChI=1S/C21H29N5O/c1-4-25(5-2)21(27)19-15-20(23-16(3)22-19)24-17-9-11-18(12-10-17)26-13-7-6-8-14-26/h9-12,15H,4-8,13-14H2,1-3H3,(H,22,23,24). The highest BCUT2D eigenvalue weighted by Gasteiger charge is 2.16. The average molecular weight is 367 g/mol. The lowest BCUT2D eigenvalue weighted by Crippen LogP contribution is -2.31. The summed E-state index contributed by atoms with van der Waals surface area (Å²) in [6.45, 7) is 9.35. The number of aryl methyl sites for hydroxylation is 1. The van der Waals surface area contributed by atoms with Gasteiger partial charge in [-0.05, 0) is 64.3 Å². The molecular weight excluding hydrogens is 338 g/mol. The van der Waals surface area contributed by atoms with E-state index in [4.69, 9.17) is 0 Å². The van der Waals surface area contributed by atoms with E-state index >= 15 is 0 Å². The van der Waals surface area contributed by atoms with Crippen molar-refractivity contribution in [2.75, 3.05) is 36.4 Å². The fourth-order valence-corrected chi connectivity index (χ4v) is 3.47. The van der Waals surface area contributed by atoms with Crippen LogP contribution in [0.2, 0.25) is 0 Å². The molecule has 1 N–H and O–H groups in total. The molecule has 1 saturated heterocycles. The Kier molecular flexibility index (Phi) is 6.27. The highest BCUT2D eigenvalue weighted by atomic mass is 16.2. The molecule has 1 amide bonds. The van der Waals surface area contributed by atoms with Gasteiger partial charge in [0.05, 0.1) is 0 Å². The zero-order valence-electron chi connectivity index (χ0n) is 16.5. The van der Waals surface area contributed by atoms with Gasteiger partial charge in [-0.2, -0.15) is 0 Å². The molecule has 2 heterocycles. The summed E-state index contributed by atoms with van der Waals surface area (Å²) >= 11 is 0. The van der Waals surface area contributed by atoms with E-state index in [1.165, 1.54) is 24.9 Å². The van der Waals surface area contributed by atoms with E-state index in [0.29, 0.717) is 30.4 Å². The van der Waals surface area contributed by atoms with Gasteiger partial charge in [0.25, 0.3) is 5.91 Å². The second kappa shape index (κ2) is 8.84. The molecule has 0 aliphatic carbocycles. The third kappa shape index (κ3) is 4.76. The van der Waals surface area contributed by atoms with Crippen molar-refractivity contribution in [1.82, 2.24) is 14.9 Å². The van der Waals surface area contributed by atoms with Crippen molar-refractivity contribution in [2.24, 2.45) is 0 Å². The number of hydrogen-bond acceptors (Lipinski definition) is 5. The van der Waals surface area contributed by atoms with Crippen molar-refractivity contribution in [2.45, 2.75) is 40.0 Å². The number of anilines is 3. The Morgan fingerprint density at radius 3 is 2.37 bits per heavy atom. The van der Waals surface area contributed by atoms with Crippen LogP contribution in [0.5, 0.6) is 0 Å². The van der Waals surface area contributed by atoms with Crippen LogP contribution in [0.25, 0.3) is 0 Å². The number of nitrogens with zero attached hydrogens (tertiary/aromatic N) is 4. The molecule has 0 unspecified atom stereocenters. The van der Waals surface area contributed by atoms with E-state index < -0.39 is 0 Å². The first-order chi connectivity index (χ1) is 13.1. The molecule has 6 heteroatoms. The summed E-state index contributed by atoms with van der Waals surface area (Å²) in [6, 6.07) is 10.1. The fourth-order valence-electron chi connectivity index (χ4n) is 3.47. The molecular formula is C21H29N5O. The molecule has 0 radical (unpaired) electrons. The number of carbonyl (C=O) groups excluding carboxylic acids is 1. The molecule has 27 heavy (non-hydrogen) atoms. The maximum atomic E-state index is 12.6. The number of hydrogen-bond donors (Lipinski definition) is 1. The minimum atomic E-state index is -0.0611. The number of rotatable bonds is 6. The number of aromatic nitrogens is 2. The first-order valence-corrected chi connectivity index (χ1v) is 9.87. The number of piperidine rings is 1. The molecule has 0 bridgehead atoms. The zero-order valence-corrected chi connectivity index (χ0v) is 16.5. The molecule has 1 aliphatic heterocycles. The van der Waals surface area contributed by atoms with E-state index in [-0.39, 0.29) is 5.91 Å². The Balaban J connectivity index is 1.74. The lowest BCUT2D eigenvalue weighted by molar-refractivity contribution is 0.0766. The van der Waals surface area contributed by atoms with Gasteiger partial charge in [-0.1, -0.05) is 0 Å². The van der Waals surface area contributed by atoms with Gasteiger partial charge in [-0.15, -0.1) is 0 Å². The van der Waals surface area contributed by atoms with Gasteiger partial charge in [0.1, 0.15) is 17.3 Å². The van der Waals surface area contributed by atoms with Gasteiger partial charge in [-0.25, -0.2) is 9.97 Å². The topological polar surface area (TPSA) is 61.4 Å². The minimum absolute atomic E-state index is 0.0611. The first kappa shape index (κ1) is 19.1. The van der Waals surface area contributed by atoms with Crippen molar-refractivity contribution in [3.63, 3.8) is 0 Å². The number of amides is 1. The van der Waals surface area contributed by atoms with E-state index in [0.717, 1.165) is 18.8 Å². The minimum Gasteiger partial charge on any atom is -0.372 e. The lowest BCUT2D eigenvalue weighted by atomic mass is 10.1. The van der Waals surface area contributed by atoms with Gasteiger partial charge in [0, 0.05) is 43.6 Å². The molecule has 1 aromatic heterocycles. The van der Waals surface area contributed by atoms with Gasteiger partial charge in [0.2, 0.25) is 0 Å². The van der Waals surface area contributed by atoms with Crippen LogP contribution >= 0.6 is 0 Å². The normalized spacial score (nSPS) is 14.1. The van der Waals surface area contributed by atoms with Gasteiger partial charge in [0.15, 0.2) is 0 Å². The van der Waals surface area contributed by atoms with Crippen LogP contribution in [0.15, 0.2) is 30.3 Å². The van der Waals surface area contributed by atoms with Crippen LogP contribution in [0.4, 0.5) is 17.2 Å². The summed E-state index contributed by atoms with van der Waals surface area (Å²) in [5.41, 5.74) is 2.64. The summed E-state index contributed by atoms with van der Waals surface area (Å²) in [5.74, 6) is 1.16. The molecule has 3 rings (SSSR count). The molecule has 6 nitrogen and oxygen atoms in total. The Bertz CT molecular complexity index is 765. The third-order valence-corrected chi connectivity index (χ3v) is 4.97. The Hall–Kier alpha value is -2.63. The Labute approximate surface area is 161 Å². The summed E-state index contributed by atoms with van der Waals surface area (Å²) in [6.07, 6.45) is 3.87. The smallest absolute Gasteiger partial charge is 0.272 e. The van der Waals surface area contributed by atoms with E-state index in [1.54, 1.807) is 11.0 Å². The highest BCUT2D eigenvalue weighted by molar-refractivity contribution is 5.93. The van der Waals surface area contributed by atoms with Crippen LogP contribution in [0, 0.1) is 6.92 Å². The second-order valence-corrected chi connectivity index (χ2v) is 6.88. The average Bonchev–Trinajstić information content (AvgIpc) is 2.69. The molecule has 1 aromatic carbocycles. The van der Waals surface area contributed by atoms with Crippen LogP contribution in [-0.2, 0) is 0 Å². The SMILES string of the molecule is CCN(CC)C(=O)c1cc(Nc2ccc(N3CCCCC3)cc2)nc(C)n1. The third-order valence-electron chi connectivity index (χ3n) is 4.97. The van der Waals surface area contributed by atoms with Crippen molar-refractivity contribution in [1.29, 1.82) is 0 Å². The zero-order chi connectivity index (χ0) is 19.2. The van der Waals surface area contributed by atoms with E-state index in [1.807, 2.05) is 20.8 Å². The largest absolute Gasteiger partial charge is 0.372 e. The molecule has 144 valence electrons. The number of carbonyl (C=O) groups is 1. The first-order valence-electron chi connectivity index (χ1n) is 9.87. The summed E-state index contributed by atoms with van der Waals surface area (Å²) in [7, 11) is 0. The lowest BCUT2D eigenvalue weighted by Gasteiger charge is -2.28. The molecule has 2 aromatic rings. The van der Waals surface area contributed by atoms with Crippen molar-refractivity contribution < 1.29 is 4.79 Å². The number of benzene rings is 1.